The first-order valence-corrected chi connectivity index (χ1v) is 3.01. The van der Waals surface area contributed by atoms with Crippen molar-refractivity contribution in [3.63, 3.8) is 0 Å². The minimum atomic E-state index is -0.675. The van der Waals surface area contributed by atoms with E-state index in [2.05, 4.69) is 0 Å². The van der Waals surface area contributed by atoms with Crippen LogP contribution in [-0.2, 0) is 0 Å². The molecule has 0 saturated heterocycles. The molecule has 0 aliphatic rings. The van der Waals surface area contributed by atoms with Crippen LogP contribution in [0.25, 0.3) is 0 Å². The highest BCUT2D eigenvalue weighted by atomic mass is 19.1. The molecular weight excluding hydrogens is 148 g/mol. The van der Waals surface area contributed by atoms with Gasteiger partial charge in [-0.1, -0.05) is 0 Å². The maximum absolute atomic E-state index is 12.6. The summed E-state index contributed by atoms with van der Waals surface area (Å²) in [6.45, 7) is 1.37. The lowest BCUT2D eigenvalue weighted by atomic mass is 10.1. The monoisotopic (exact) mass is 153 g/mol. The number of rotatable bonds is 0. The smallest absolute Gasteiger partial charge is 0.141 e. The topological polar surface area (TPSA) is 23.8 Å². The normalized spacial score (nSPS) is 9.27. The summed E-state index contributed by atoms with van der Waals surface area (Å²) in [5, 5.41) is 8.37. The third kappa shape index (κ3) is 1.20. The van der Waals surface area contributed by atoms with E-state index in [0.717, 1.165) is 12.1 Å². The van der Waals surface area contributed by atoms with E-state index in [1.165, 1.54) is 6.92 Å². The predicted molar refractivity (Wildman–Crippen MR) is 35.8 cm³/mol. The van der Waals surface area contributed by atoms with Gasteiger partial charge in [-0.05, 0) is 19.1 Å². The minimum Gasteiger partial charge on any atom is -0.207 e. The van der Waals surface area contributed by atoms with E-state index < -0.39 is 11.6 Å². The van der Waals surface area contributed by atoms with Crippen molar-refractivity contribution in [2.75, 3.05) is 0 Å². The Morgan fingerprint density at radius 3 is 2.27 bits per heavy atom. The second-order valence-corrected chi connectivity index (χ2v) is 2.14. The Hall–Kier alpha value is -1.43. The van der Waals surface area contributed by atoms with Gasteiger partial charge in [-0.15, -0.1) is 0 Å². The average molecular weight is 153 g/mol. The molecule has 0 saturated carbocycles. The first-order valence-electron chi connectivity index (χ1n) is 3.01. The van der Waals surface area contributed by atoms with Gasteiger partial charge in [-0.2, -0.15) is 5.26 Å². The first-order chi connectivity index (χ1) is 5.16. The highest BCUT2D eigenvalue weighted by molar-refractivity contribution is 5.38. The molecule has 1 nitrogen and oxygen atoms in total. The van der Waals surface area contributed by atoms with Crippen molar-refractivity contribution < 1.29 is 8.78 Å². The summed E-state index contributed by atoms with van der Waals surface area (Å²) in [7, 11) is 0. The van der Waals surface area contributed by atoms with Crippen molar-refractivity contribution in [3.8, 4) is 6.07 Å². The molecule has 0 aliphatic carbocycles. The lowest BCUT2D eigenvalue weighted by molar-refractivity contribution is 0.589. The first kappa shape index (κ1) is 7.67. The second-order valence-electron chi connectivity index (χ2n) is 2.14. The van der Waals surface area contributed by atoms with E-state index in [-0.39, 0.29) is 11.1 Å². The average Bonchev–Trinajstić information content (AvgIpc) is 1.99. The molecule has 0 aliphatic heterocycles. The Labute approximate surface area is 62.9 Å². The zero-order chi connectivity index (χ0) is 8.43. The van der Waals surface area contributed by atoms with Crippen LogP contribution in [0.2, 0.25) is 0 Å². The van der Waals surface area contributed by atoms with E-state index in [0.29, 0.717) is 0 Å². The molecule has 0 radical (unpaired) electrons. The molecule has 0 amide bonds. The predicted octanol–water partition coefficient (Wildman–Crippen LogP) is 2.14. The van der Waals surface area contributed by atoms with Gasteiger partial charge < -0.3 is 0 Å². The second kappa shape index (κ2) is 2.67. The lowest BCUT2D eigenvalue weighted by Crippen LogP contribution is -1.91. The van der Waals surface area contributed by atoms with Gasteiger partial charge in [-0.3, -0.25) is 0 Å². The lowest BCUT2D eigenvalue weighted by Gasteiger charge is -1.98. The quantitative estimate of drug-likeness (QED) is 0.560. The summed E-state index contributed by atoms with van der Waals surface area (Å²) >= 11 is 0. The van der Waals surface area contributed by atoms with Crippen LogP contribution in [0.15, 0.2) is 12.1 Å². The van der Waals surface area contributed by atoms with Crippen molar-refractivity contribution >= 4 is 0 Å². The number of benzene rings is 1. The van der Waals surface area contributed by atoms with Gasteiger partial charge >= 0.3 is 0 Å². The molecule has 0 spiro atoms. The molecule has 0 aromatic heterocycles. The molecule has 0 fully saturated rings. The molecule has 1 aromatic carbocycles. The summed E-state index contributed by atoms with van der Waals surface area (Å²) in [5.74, 6) is -1.23. The van der Waals surface area contributed by atoms with Gasteiger partial charge in [0.25, 0.3) is 0 Å². The van der Waals surface area contributed by atoms with Gasteiger partial charge in [0.05, 0.1) is 5.56 Å². The van der Waals surface area contributed by atoms with Crippen LogP contribution in [0.4, 0.5) is 8.78 Å². The van der Waals surface area contributed by atoms with Crippen molar-refractivity contribution in [2.24, 2.45) is 0 Å². The third-order valence-electron chi connectivity index (χ3n) is 1.46. The van der Waals surface area contributed by atoms with Crippen molar-refractivity contribution in [3.05, 3.63) is 34.9 Å². The molecule has 0 N–H and O–H groups in total. The fraction of sp³-hybridized carbons (Fsp3) is 0.125. The van der Waals surface area contributed by atoms with E-state index in [9.17, 15) is 8.78 Å². The standard InChI is InChI=1S/C8H5F2N/c1-5-6(4-11)8(10)3-2-7(5)9/h2-3H,1H3. The molecule has 0 atom stereocenters. The highest BCUT2D eigenvalue weighted by Gasteiger charge is 2.07. The maximum Gasteiger partial charge on any atom is 0.141 e. The zero-order valence-electron chi connectivity index (χ0n) is 5.86. The fourth-order valence-corrected chi connectivity index (χ4v) is 0.790. The fourth-order valence-electron chi connectivity index (χ4n) is 0.790. The largest absolute Gasteiger partial charge is 0.207 e. The van der Waals surface area contributed by atoms with Gasteiger partial charge in [0.1, 0.15) is 17.7 Å². The molecule has 3 heteroatoms. The molecular formula is C8H5F2N. The molecule has 0 bridgehead atoms. The number of halogens is 2. The number of nitrogens with zero attached hydrogens (tertiary/aromatic N) is 1. The van der Waals surface area contributed by atoms with Crippen molar-refractivity contribution in [2.45, 2.75) is 6.92 Å². The van der Waals surface area contributed by atoms with Crippen molar-refractivity contribution in [1.29, 1.82) is 5.26 Å². The Bertz CT molecular complexity index is 326. The van der Waals surface area contributed by atoms with Gasteiger partial charge in [0.15, 0.2) is 0 Å². The SMILES string of the molecule is Cc1c(F)ccc(F)c1C#N. The molecule has 0 heterocycles. The van der Waals surface area contributed by atoms with Crippen LogP contribution in [0.5, 0.6) is 0 Å². The molecule has 1 rings (SSSR count). The highest BCUT2D eigenvalue weighted by Crippen LogP contribution is 2.14. The maximum atomic E-state index is 12.6. The minimum absolute atomic E-state index is 0.0625. The van der Waals surface area contributed by atoms with Crippen LogP contribution in [-0.4, -0.2) is 0 Å². The van der Waals surface area contributed by atoms with E-state index in [1.807, 2.05) is 0 Å². The van der Waals surface area contributed by atoms with E-state index in [4.69, 9.17) is 5.26 Å². The van der Waals surface area contributed by atoms with Crippen LogP contribution in [0, 0.1) is 29.9 Å². The van der Waals surface area contributed by atoms with Crippen LogP contribution in [0.1, 0.15) is 11.1 Å². The Balaban J connectivity index is 3.44. The molecule has 56 valence electrons. The van der Waals surface area contributed by atoms with Crippen LogP contribution < -0.4 is 0 Å². The third-order valence-corrected chi connectivity index (χ3v) is 1.46. The van der Waals surface area contributed by atoms with Crippen LogP contribution in [0.3, 0.4) is 0 Å². The Morgan fingerprint density at radius 2 is 1.82 bits per heavy atom. The van der Waals surface area contributed by atoms with E-state index in [1.54, 1.807) is 6.07 Å². The van der Waals surface area contributed by atoms with Crippen LogP contribution >= 0.6 is 0 Å². The summed E-state index contributed by atoms with van der Waals surface area (Å²) in [6, 6.07) is 3.54. The van der Waals surface area contributed by atoms with Gasteiger partial charge in [0.2, 0.25) is 0 Å². The number of nitriles is 1. The molecule has 11 heavy (non-hydrogen) atoms. The molecule has 1 aromatic rings. The van der Waals surface area contributed by atoms with Gasteiger partial charge in [0, 0.05) is 5.56 Å². The summed E-state index contributed by atoms with van der Waals surface area (Å²) in [4.78, 5) is 0. The number of hydrogen-bond acceptors (Lipinski definition) is 1. The molecule has 0 unspecified atom stereocenters. The Kier molecular flexibility index (Phi) is 1.86. The van der Waals surface area contributed by atoms with Crippen molar-refractivity contribution in [1.82, 2.24) is 0 Å². The van der Waals surface area contributed by atoms with Gasteiger partial charge in [-0.25, -0.2) is 8.78 Å². The Morgan fingerprint density at radius 1 is 1.27 bits per heavy atom. The number of hydrogen-bond donors (Lipinski definition) is 0. The summed E-state index contributed by atoms with van der Waals surface area (Å²) < 4.78 is 25.3. The summed E-state index contributed by atoms with van der Waals surface area (Å²) in [6.07, 6.45) is 0. The summed E-state index contributed by atoms with van der Waals surface area (Å²) in [5.41, 5.74) is -0.155. The zero-order valence-corrected chi connectivity index (χ0v) is 5.86. The van der Waals surface area contributed by atoms with E-state index >= 15 is 0 Å².